The molecule has 2 aromatic heterocycles. The summed E-state index contributed by atoms with van der Waals surface area (Å²) in [7, 11) is 0. The molecule has 5 rings (SSSR count). The Morgan fingerprint density at radius 2 is 2.00 bits per heavy atom. The number of aromatic nitrogens is 4. The zero-order valence-corrected chi connectivity index (χ0v) is 18.6. The minimum atomic E-state index is -4.60. The number of nitrogens with zero attached hydrogens (tertiary/aromatic N) is 5. The van der Waals surface area contributed by atoms with Crippen LogP contribution in [0, 0.1) is 5.92 Å². The van der Waals surface area contributed by atoms with Crippen LogP contribution in [0.25, 0.3) is 0 Å². The molecule has 0 radical (unpaired) electrons. The number of benzene rings is 1. The third kappa shape index (κ3) is 5.26. The maximum Gasteiger partial charge on any atom is 0.421 e. The van der Waals surface area contributed by atoms with Crippen molar-refractivity contribution in [2.45, 2.75) is 25.4 Å². The van der Waals surface area contributed by atoms with E-state index in [9.17, 15) is 18.0 Å². The van der Waals surface area contributed by atoms with Crippen molar-refractivity contribution in [3.8, 4) is 0 Å². The molecular formula is C23H23F3N8O. The molecule has 0 aliphatic carbocycles. The first-order chi connectivity index (χ1) is 16.8. The Bertz CT molecular complexity index is 1220. The molecule has 0 bridgehead atoms. The van der Waals surface area contributed by atoms with Gasteiger partial charge in [-0.25, -0.2) is 15.0 Å². The van der Waals surface area contributed by atoms with E-state index in [1.54, 1.807) is 36.7 Å². The van der Waals surface area contributed by atoms with Crippen LogP contribution in [0.5, 0.6) is 0 Å². The predicted molar refractivity (Wildman–Crippen MR) is 125 cm³/mol. The number of carbonyl (C=O) groups excluding carboxylic acids is 1. The van der Waals surface area contributed by atoms with Gasteiger partial charge in [0.05, 0.1) is 6.42 Å². The summed E-state index contributed by atoms with van der Waals surface area (Å²) in [5.41, 5.74) is 1.18. The average Bonchev–Trinajstić information content (AvgIpc) is 3.22. The summed E-state index contributed by atoms with van der Waals surface area (Å²) in [5, 5.41) is 8.58. The minimum absolute atomic E-state index is 0.0284. The van der Waals surface area contributed by atoms with Gasteiger partial charge in [0, 0.05) is 49.6 Å². The van der Waals surface area contributed by atoms with Crippen molar-refractivity contribution < 1.29 is 18.0 Å². The Morgan fingerprint density at radius 1 is 1.17 bits per heavy atom. The zero-order valence-electron chi connectivity index (χ0n) is 18.6. The van der Waals surface area contributed by atoms with Crippen LogP contribution in [0.4, 0.5) is 42.3 Å². The molecule has 2 aliphatic rings. The van der Waals surface area contributed by atoms with Crippen LogP contribution in [0.3, 0.4) is 0 Å². The quantitative estimate of drug-likeness (QED) is 0.484. The van der Waals surface area contributed by atoms with Crippen molar-refractivity contribution in [1.82, 2.24) is 19.9 Å². The highest BCUT2D eigenvalue weighted by molar-refractivity contribution is 5.99. The number of carbonyl (C=O) groups is 1. The number of halogens is 3. The molecule has 2 aliphatic heterocycles. The van der Waals surface area contributed by atoms with Crippen molar-refractivity contribution in [2.24, 2.45) is 5.92 Å². The first kappa shape index (κ1) is 22.8. The molecule has 12 heteroatoms. The standard InChI is InChI=1S/C23H23F3N8O/c24-23(25,26)17-12-30-21(31-16-4-5-18-15(9-16)10-19(35)32-18)33-20(17)29-11-14-3-1-8-34(13-14)22-27-6-2-7-28-22/h2,4-7,9,12,14H,1,3,8,10-11,13H2,(H,32,35)(H2,29,30,31,33). The Balaban J connectivity index is 1.30. The van der Waals surface area contributed by atoms with Gasteiger partial charge in [-0.2, -0.15) is 18.2 Å². The summed E-state index contributed by atoms with van der Waals surface area (Å²) < 4.78 is 40.9. The third-order valence-corrected chi connectivity index (χ3v) is 5.99. The normalized spacial score (nSPS) is 17.6. The first-order valence-electron chi connectivity index (χ1n) is 11.2. The monoisotopic (exact) mass is 484 g/mol. The van der Waals surface area contributed by atoms with Crippen LogP contribution >= 0.6 is 0 Å². The fourth-order valence-corrected chi connectivity index (χ4v) is 4.33. The van der Waals surface area contributed by atoms with E-state index in [-0.39, 0.29) is 30.0 Å². The molecular weight excluding hydrogens is 461 g/mol. The number of hydrogen-bond acceptors (Lipinski definition) is 8. The lowest BCUT2D eigenvalue weighted by Crippen LogP contribution is -2.39. The summed E-state index contributed by atoms with van der Waals surface area (Å²) in [6.07, 6.45) is 1.53. The largest absolute Gasteiger partial charge is 0.421 e. The lowest BCUT2D eigenvalue weighted by molar-refractivity contribution is -0.137. The number of piperidine rings is 1. The highest BCUT2D eigenvalue weighted by Gasteiger charge is 2.35. The molecule has 1 aromatic carbocycles. The maximum absolute atomic E-state index is 13.6. The van der Waals surface area contributed by atoms with E-state index in [2.05, 4.69) is 35.9 Å². The SMILES string of the molecule is O=C1Cc2cc(Nc3ncc(C(F)(F)F)c(NCC4CCCN(c5ncccn5)C4)n3)ccc2N1. The van der Waals surface area contributed by atoms with Gasteiger partial charge in [0.25, 0.3) is 0 Å². The van der Waals surface area contributed by atoms with E-state index in [0.29, 0.717) is 24.7 Å². The van der Waals surface area contributed by atoms with Gasteiger partial charge in [0.2, 0.25) is 17.8 Å². The summed E-state index contributed by atoms with van der Waals surface area (Å²) in [4.78, 5) is 30.2. The van der Waals surface area contributed by atoms with Crippen LogP contribution in [0.15, 0.2) is 42.9 Å². The molecule has 35 heavy (non-hydrogen) atoms. The van der Waals surface area contributed by atoms with Gasteiger partial charge >= 0.3 is 6.18 Å². The van der Waals surface area contributed by atoms with Crippen LogP contribution < -0.4 is 20.9 Å². The predicted octanol–water partition coefficient (Wildman–Crippen LogP) is 3.85. The Kier molecular flexibility index (Phi) is 6.10. The van der Waals surface area contributed by atoms with Crippen molar-refractivity contribution in [3.63, 3.8) is 0 Å². The molecule has 0 spiro atoms. The van der Waals surface area contributed by atoms with Crippen LogP contribution in [0.1, 0.15) is 24.0 Å². The summed E-state index contributed by atoms with van der Waals surface area (Å²) in [5.74, 6) is 0.367. The van der Waals surface area contributed by atoms with Gasteiger partial charge in [-0.3, -0.25) is 4.79 Å². The molecule has 3 N–H and O–H groups in total. The second-order valence-corrected chi connectivity index (χ2v) is 8.56. The molecule has 182 valence electrons. The molecule has 1 atom stereocenters. The second-order valence-electron chi connectivity index (χ2n) is 8.56. The molecule has 1 amide bonds. The van der Waals surface area contributed by atoms with Crippen molar-refractivity contribution in [2.75, 3.05) is 40.5 Å². The third-order valence-electron chi connectivity index (χ3n) is 5.99. The number of anilines is 5. The fourth-order valence-electron chi connectivity index (χ4n) is 4.33. The minimum Gasteiger partial charge on any atom is -0.369 e. The molecule has 1 fully saturated rings. The van der Waals surface area contributed by atoms with Crippen LogP contribution in [0.2, 0.25) is 0 Å². The van der Waals surface area contributed by atoms with Gasteiger partial charge in [0.1, 0.15) is 11.4 Å². The van der Waals surface area contributed by atoms with Crippen LogP contribution in [-0.4, -0.2) is 45.5 Å². The van der Waals surface area contributed by atoms with Gasteiger partial charge in [-0.05, 0) is 48.6 Å². The van der Waals surface area contributed by atoms with Crippen molar-refractivity contribution in [1.29, 1.82) is 0 Å². The lowest BCUT2D eigenvalue weighted by atomic mass is 9.98. The number of hydrogen-bond donors (Lipinski definition) is 3. The van der Waals surface area contributed by atoms with Gasteiger partial charge in [-0.1, -0.05) is 0 Å². The van der Waals surface area contributed by atoms with Crippen molar-refractivity contribution >= 4 is 35.0 Å². The highest BCUT2D eigenvalue weighted by Crippen LogP contribution is 2.35. The fraction of sp³-hybridized carbons (Fsp3) is 0.348. The molecule has 1 saturated heterocycles. The number of rotatable bonds is 6. The zero-order chi connectivity index (χ0) is 24.4. The van der Waals surface area contributed by atoms with Gasteiger partial charge in [-0.15, -0.1) is 0 Å². The summed E-state index contributed by atoms with van der Waals surface area (Å²) in [6, 6.07) is 6.94. The molecule has 4 heterocycles. The van der Waals surface area contributed by atoms with E-state index < -0.39 is 11.7 Å². The van der Waals surface area contributed by atoms with Gasteiger partial charge < -0.3 is 20.9 Å². The Labute approximate surface area is 199 Å². The lowest BCUT2D eigenvalue weighted by Gasteiger charge is -2.33. The number of fused-ring (bicyclic) bond motifs is 1. The molecule has 1 unspecified atom stereocenters. The number of alkyl halides is 3. The maximum atomic E-state index is 13.6. The summed E-state index contributed by atoms with van der Waals surface area (Å²) in [6.45, 7) is 1.75. The van der Waals surface area contributed by atoms with E-state index in [4.69, 9.17) is 0 Å². The highest BCUT2D eigenvalue weighted by atomic mass is 19.4. The van der Waals surface area contributed by atoms with Crippen LogP contribution in [-0.2, 0) is 17.4 Å². The first-order valence-corrected chi connectivity index (χ1v) is 11.2. The van der Waals surface area contributed by atoms with Gasteiger partial charge in [0.15, 0.2) is 0 Å². The molecule has 3 aromatic rings. The van der Waals surface area contributed by atoms with E-state index in [1.807, 2.05) is 4.90 Å². The van der Waals surface area contributed by atoms with E-state index >= 15 is 0 Å². The summed E-state index contributed by atoms with van der Waals surface area (Å²) >= 11 is 0. The number of nitrogens with one attached hydrogen (secondary N) is 3. The smallest absolute Gasteiger partial charge is 0.369 e. The Morgan fingerprint density at radius 3 is 2.80 bits per heavy atom. The van der Waals surface area contributed by atoms with E-state index in [1.165, 1.54) is 0 Å². The Hall–Kier alpha value is -3.96. The van der Waals surface area contributed by atoms with E-state index in [0.717, 1.165) is 36.8 Å². The topological polar surface area (TPSA) is 108 Å². The molecule has 0 saturated carbocycles. The molecule has 9 nitrogen and oxygen atoms in total. The number of amides is 1. The van der Waals surface area contributed by atoms with Crippen molar-refractivity contribution in [3.05, 3.63) is 54.0 Å². The second kappa shape index (κ2) is 9.35. The average molecular weight is 484 g/mol.